The van der Waals surface area contributed by atoms with Gasteiger partial charge >= 0.3 is 0 Å². The molecule has 22 heavy (non-hydrogen) atoms. The van der Waals surface area contributed by atoms with Gasteiger partial charge in [-0.05, 0) is 30.5 Å². The second kappa shape index (κ2) is 5.89. The van der Waals surface area contributed by atoms with E-state index in [0.717, 1.165) is 70.0 Å². The summed E-state index contributed by atoms with van der Waals surface area (Å²) in [5.74, 6) is 0.217. The van der Waals surface area contributed by atoms with Gasteiger partial charge in [0.15, 0.2) is 0 Å². The van der Waals surface area contributed by atoms with Crippen molar-refractivity contribution in [2.24, 2.45) is 0 Å². The van der Waals surface area contributed by atoms with Gasteiger partial charge < -0.3 is 19.9 Å². The molecule has 2 saturated heterocycles. The molecule has 0 saturated carbocycles. The predicted octanol–water partition coefficient (Wildman–Crippen LogP) is 0.883. The van der Waals surface area contributed by atoms with E-state index in [1.807, 2.05) is 0 Å². The molecule has 1 atom stereocenters. The van der Waals surface area contributed by atoms with Crippen LogP contribution in [-0.2, 0) is 11.2 Å². The summed E-state index contributed by atoms with van der Waals surface area (Å²) in [5, 5.41) is 3.41. The summed E-state index contributed by atoms with van der Waals surface area (Å²) >= 11 is 0. The van der Waals surface area contributed by atoms with E-state index in [9.17, 15) is 4.79 Å². The van der Waals surface area contributed by atoms with Crippen LogP contribution in [0.5, 0.6) is 0 Å². The highest BCUT2D eigenvalue weighted by Gasteiger charge is 2.31. The van der Waals surface area contributed by atoms with Gasteiger partial charge in [0.05, 0.1) is 13.2 Å². The van der Waals surface area contributed by atoms with E-state index in [2.05, 4.69) is 33.3 Å². The van der Waals surface area contributed by atoms with Gasteiger partial charge in [0.25, 0.3) is 5.91 Å². The SMILES string of the molecule is O=C1c2cc(N3CCOCC3)ccc2CCC2CNCCN12. The van der Waals surface area contributed by atoms with Crippen LogP contribution >= 0.6 is 0 Å². The van der Waals surface area contributed by atoms with Gasteiger partial charge in [-0.15, -0.1) is 0 Å². The number of fused-ring (bicyclic) bond motifs is 2. The van der Waals surface area contributed by atoms with Crippen molar-refractivity contribution in [1.29, 1.82) is 0 Å². The fourth-order valence-electron chi connectivity index (χ4n) is 3.76. The summed E-state index contributed by atoms with van der Waals surface area (Å²) in [5.41, 5.74) is 3.27. The Morgan fingerprint density at radius 2 is 2.05 bits per heavy atom. The third-order valence-electron chi connectivity index (χ3n) is 5.06. The fraction of sp³-hybridized carbons (Fsp3) is 0.588. The lowest BCUT2D eigenvalue weighted by Gasteiger charge is -2.35. The van der Waals surface area contributed by atoms with Crippen LogP contribution in [0.15, 0.2) is 18.2 Å². The zero-order valence-corrected chi connectivity index (χ0v) is 12.9. The number of rotatable bonds is 1. The Morgan fingerprint density at radius 3 is 2.91 bits per heavy atom. The van der Waals surface area contributed by atoms with E-state index in [1.54, 1.807) is 0 Å². The van der Waals surface area contributed by atoms with E-state index in [1.165, 1.54) is 5.56 Å². The van der Waals surface area contributed by atoms with Crippen LogP contribution in [0.2, 0.25) is 0 Å². The van der Waals surface area contributed by atoms with E-state index in [4.69, 9.17) is 4.74 Å². The molecule has 5 nitrogen and oxygen atoms in total. The maximum absolute atomic E-state index is 13.0. The molecule has 3 aliphatic rings. The number of hydrogen-bond donors (Lipinski definition) is 1. The second-order valence-electron chi connectivity index (χ2n) is 6.34. The van der Waals surface area contributed by atoms with E-state index in [0.29, 0.717) is 6.04 Å². The van der Waals surface area contributed by atoms with Crippen molar-refractivity contribution in [2.75, 3.05) is 50.8 Å². The molecule has 1 aromatic rings. The number of hydrogen-bond acceptors (Lipinski definition) is 4. The topological polar surface area (TPSA) is 44.8 Å². The first-order valence-corrected chi connectivity index (χ1v) is 8.30. The normalized spacial score (nSPS) is 25.5. The van der Waals surface area contributed by atoms with Crippen LogP contribution in [-0.4, -0.2) is 62.8 Å². The van der Waals surface area contributed by atoms with Crippen molar-refractivity contribution in [3.63, 3.8) is 0 Å². The lowest BCUT2D eigenvalue weighted by molar-refractivity contribution is 0.0639. The lowest BCUT2D eigenvalue weighted by Crippen LogP contribution is -2.53. The van der Waals surface area contributed by atoms with Crippen LogP contribution < -0.4 is 10.2 Å². The number of carbonyl (C=O) groups is 1. The molecule has 1 aromatic carbocycles. The van der Waals surface area contributed by atoms with Crippen LogP contribution in [0.4, 0.5) is 5.69 Å². The lowest BCUT2D eigenvalue weighted by atomic mass is 10.0. The number of morpholine rings is 1. The fourth-order valence-corrected chi connectivity index (χ4v) is 3.76. The molecule has 0 aromatic heterocycles. The van der Waals surface area contributed by atoms with Gasteiger partial charge in [0.1, 0.15) is 0 Å². The summed E-state index contributed by atoms with van der Waals surface area (Å²) in [4.78, 5) is 17.4. The van der Waals surface area contributed by atoms with E-state index < -0.39 is 0 Å². The van der Waals surface area contributed by atoms with Gasteiger partial charge in [-0.1, -0.05) is 6.07 Å². The maximum Gasteiger partial charge on any atom is 0.254 e. The Hall–Kier alpha value is -1.59. The maximum atomic E-state index is 13.0. The first kappa shape index (κ1) is 14.0. The summed E-state index contributed by atoms with van der Waals surface area (Å²) < 4.78 is 5.42. The summed E-state index contributed by atoms with van der Waals surface area (Å²) in [6.45, 7) is 6.00. The Balaban J connectivity index is 1.65. The molecule has 1 unspecified atom stereocenters. The van der Waals surface area contributed by atoms with Crippen LogP contribution in [0.25, 0.3) is 0 Å². The Bertz CT molecular complexity index is 569. The zero-order chi connectivity index (χ0) is 14.9. The average molecular weight is 301 g/mol. The molecule has 3 heterocycles. The monoisotopic (exact) mass is 301 g/mol. The molecule has 0 radical (unpaired) electrons. The zero-order valence-electron chi connectivity index (χ0n) is 12.9. The third-order valence-corrected chi connectivity index (χ3v) is 5.06. The van der Waals surface area contributed by atoms with E-state index >= 15 is 0 Å². The molecule has 1 amide bonds. The second-order valence-corrected chi connectivity index (χ2v) is 6.34. The average Bonchev–Trinajstić information content (AvgIpc) is 2.73. The third kappa shape index (κ3) is 2.48. The highest BCUT2D eigenvalue weighted by molar-refractivity contribution is 5.97. The molecule has 0 bridgehead atoms. The number of nitrogens with zero attached hydrogens (tertiary/aromatic N) is 2. The largest absolute Gasteiger partial charge is 0.378 e. The number of nitrogens with one attached hydrogen (secondary N) is 1. The van der Waals surface area contributed by atoms with Crippen LogP contribution in [0.1, 0.15) is 22.3 Å². The Labute approximate surface area is 131 Å². The standard InChI is InChI=1S/C17H23N3O2/c21-17-16-11-14(19-7-9-22-10-8-19)3-1-13(16)2-4-15-12-18-5-6-20(15)17/h1,3,11,15,18H,2,4-10,12H2. The highest BCUT2D eigenvalue weighted by atomic mass is 16.5. The highest BCUT2D eigenvalue weighted by Crippen LogP contribution is 2.27. The van der Waals surface area contributed by atoms with Gasteiger partial charge in [-0.3, -0.25) is 4.79 Å². The molecule has 1 N–H and O–H groups in total. The first-order chi connectivity index (χ1) is 10.8. The summed E-state index contributed by atoms with van der Waals surface area (Å²) in [6, 6.07) is 6.78. The van der Waals surface area contributed by atoms with Crippen LogP contribution in [0.3, 0.4) is 0 Å². The minimum atomic E-state index is 0.217. The first-order valence-electron chi connectivity index (χ1n) is 8.30. The van der Waals surface area contributed by atoms with Gasteiger partial charge in [0, 0.05) is 50.0 Å². The Morgan fingerprint density at radius 1 is 1.18 bits per heavy atom. The van der Waals surface area contributed by atoms with Gasteiger partial charge in [-0.25, -0.2) is 0 Å². The van der Waals surface area contributed by atoms with E-state index in [-0.39, 0.29) is 5.91 Å². The van der Waals surface area contributed by atoms with Crippen molar-refractivity contribution in [2.45, 2.75) is 18.9 Å². The number of ether oxygens (including phenoxy) is 1. The van der Waals surface area contributed by atoms with Crippen molar-refractivity contribution < 1.29 is 9.53 Å². The summed E-state index contributed by atoms with van der Waals surface area (Å²) in [7, 11) is 0. The number of benzene rings is 1. The number of piperazine rings is 1. The quantitative estimate of drug-likeness (QED) is 0.836. The molecule has 118 valence electrons. The van der Waals surface area contributed by atoms with Crippen molar-refractivity contribution in [3.8, 4) is 0 Å². The molecule has 3 aliphatic heterocycles. The minimum absolute atomic E-state index is 0.217. The molecule has 2 fully saturated rings. The predicted molar refractivity (Wildman–Crippen MR) is 85.5 cm³/mol. The molecule has 0 spiro atoms. The molecular formula is C17H23N3O2. The van der Waals surface area contributed by atoms with Gasteiger partial charge in [-0.2, -0.15) is 0 Å². The molecule has 5 heteroatoms. The van der Waals surface area contributed by atoms with Crippen LogP contribution in [0, 0.1) is 0 Å². The summed E-state index contributed by atoms with van der Waals surface area (Å²) in [6.07, 6.45) is 2.05. The molecular weight excluding hydrogens is 278 g/mol. The number of carbonyl (C=O) groups excluding carboxylic acids is 1. The van der Waals surface area contributed by atoms with Crippen molar-refractivity contribution >= 4 is 11.6 Å². The molecule has 4 rings (SSSR count). The van der Waals surface area contributed by atoms with Gasteiger partial charge in [0.2, 0.25) is 0 Å². The smallest absolute Gasteiger partial charge is 0.254 e. The Kier molecular flexibility index (Phi) is 3.76. The minimum Gasteiger partial charge on any atom is -0.378 e. The number of amides is 1. The van der Waals surface area contributed by atoms with Crippen molar-refractivity contribution in [1.82, 2.24) is 10.2 Å². The molecule has 0 aliphatic carbocycles. The number of aryl methyl sites for hydroxylation is 1. The number of anilines is 1. The van der Waals surface area contributed by atoms with Crippen molar-refractivity contribution in [3.05, 3.63) is 29.3 Å².